The van der Waals surface area contributed by atoms with Crippen LogP contribution in [0.15, 0.2) is 0 Å². The Morgan fingerprint density at radius 3 is 0.500 bits per heavy atom. The van der Waals surface area contributed by atoms with E-state index in [4.69, 9.17) is 0 Å². The average Bonchev–Trinajstić information content (AvgIpc) is 0. The summed E-state index contributed by atoms with van der Waals surface area (Å²) in [6, 6.07) is 0. The molecule has 0 aromatic carbocycles. The van der Waals surface area contributed by atoms with Gasteiger partial charge in [-0.25, -0.2) is 0 Å². The van der Waals surface area contributed by atoms with E-state index >= 15 is 0 Å². The topological polar surface area (TPSA) is 0 Å². The monoisotopic (exact) mass is 532 g/mol. The Balaban J connectivity index is 0. The molecule has 8 valence electrons. The molecule has 0 fully saturated rings. The fourth-order valence-corrected chi connectivity index (χ4v) is 0. The predicted octanol–water partition coefficient (Wildman–Crippen LogP) is -0.0100. The third-order valence-corrected chi connectivity index (χ3v) is 0. The molecule has 0 rings (SSSR count). The van der Waals surface area contributed by atoms with Gasteiger partial charge < -0.3 is 0 Å². The van der Waals surface area contributed by atoms with Crippen LogP contribution in [0.5, 0.6) is 0 Å². The Hall–Kier alpha value is 3.12. The van der Waals surface area contributed by atoms with Gasteiger partial charge in [-0.3, -0.25) is 0 Å². The van der Waals surface area contributed by atoms with Crippen molar-refractivity contribution in [3.63, 3.8) is 0 Å². The quantitative estimate of drug-likeness (QED) is 0.386. The Morgan fingerprint density at radius 2 is 0.500 bits per heavy atom. The van der Waals surface area contributed by atoms with Crippen LogP contribution in [0.2, 0.25) is 0 Å². The summed E-state index contributed by atoms with van der Waals surface area (Å²) in [7, 11) is 0. The summed E-state index contributed by atoms with van der Waals surface area (Å²) in [5.74, 6) is 0. The van der Waals surface area contributed by atoms with E-state index in [9.17, 15) is 0 Å². The standard InChI is InChI=1S/2Hg.2Zn. The summed E-state index contributed by atoms with van der Waals surface area (Å²) in [4.78, 5) is 0. The maximum atomic E-state index is 0. The summed E-state index contributed by atoms with van der Waals surface area (Å²) in [6.45, 7) is 0. The minimum Gasteiger partial charge on any atom is 0 e. The molecule has 0 heterocycles. The van der Waals surface area contributed by atoms with Crippen LogP contribution >= 0.6 is 0 Å². The smallest absolute Gasteiger partial charge is 0 e. The molecule has 0 saturated heterocycles. The summed E-state index contributed by atoms with van der Waals surface area (Å²) >= 11 is 0. The number of rotatable bonds is 0. The van der Waals surface area contributed by atoms with Gasteiger partial charge in [0.2, 0.25) is 0 Å². The summed E-state index contributed by atoms with van der Waals surface area (Å²) in [6.07, 6.45) is 0. The van der Waals surface area contributed by atoms with Crippen LogP contribution in [0.3, 0.4) is 0 Å². The predicted molar refractivity (Wildman–Crippen MR) is 0 cm³/mol. The van der Waals surface area contributed by atoms with Gasteiger partial charge in [0.25, 0.3) is 0 Å². The van der Waals surface area contributed by atoms with Crippen molar-refractivity contribution in [2.24, 2.45) is 0 Å². The van der Waals surface area contributed by atoms with Crippen molar-refractivity contribution in [1.29, 1.82) is 0 Å². The molecule has 0 aliphatic rings. The molecule has 0 atom stereocenters. The molecule has 0 aliphatic carbocycles. The molecule has 0 aromatic heterocycles. The molecule has 4 heteroatoms. The van der Waals surface area contributed by atoms with Gasteiger partial charge in [-0.2, -0.15) is 0 Å². The second kappa shape index (κ2) is 16.5. The first-order chi connectivity index (χ1) is 0. The fourth-order valence-electron chi connectivity index (χ4n) is 0. The Kier molecular flexibility index (Phi) is 113. The van der Waals surface area contributed by atoms with E-state index in [0.717, 1.165) is 0 Å². The molecule has 0 N–H and O–H groups in total. The van der Waals surface area contributed by atoms with Crippen LogP contribution in [0.25, 0.3) is 0 Å². The van der Waals surface area contributed by atoms with E-state index < -0.39 is 0 Å². The molecule has 0 saturated carbocycles. The van der Waals surface area contributed by atoms with Crippen LogP contribution in [-0.2, 0) is 94.3 Å². The minimum atomic E-state index is 0. The molecule has 0 amide bonds. The van der Waals surface area contributed by atoms with Crippen LogP contribution < -0.4 is 0 Å². The van der Waals surface area contributed by atoms with Crippen molar-refractivity contribution < 1.29 is 94.3 Å². The van der Waals surface area contributed by atoms with E-state index in [1.807, 2.05) is 0 Å². The van der Waals surface area contributed by atoms with Gasteiger partial charge in [-0.05, 0) is 0 Å². The molecule has 0 spiro atoms. The van der Waals surface area contributed by atoms with Crippen molar-refractivity contribution in [3.8, 4) is 0 Å². The molecular formula is Hg2Zn2. The van der Waals surface area contributed by atoms with Crippen molar-refractivity contribution in [1.82, 2.24) is 0 Å². The van der Waals surface area contributed by atoms with Crippen LogP contribution in [0, 0.1) is 0 Å². The molecule has 0 bridgehead atoms. The third-order valence-electron chi connectivity index (χ3n) is 0. The Labute approximate surface area is 92.4 Å². The van der Waals surface area contributed by atoms with Crippen molar-refractivity contribution >= 4 is 0 Å². The van der Waals surface area contributed by atoms with E-state index in [1.54, 1.807) is 0 Å². The van der Waals surface area contributed by atoms with Crippen molar-refractivity contribution in [3.05, 3.63) is 0 Å². The number of hydrogen-bond acceptors (Lipinski definition) is 0. The van der Waals surface area contributed by atoms with E-state index in [0.29, 0.717) is 0 Å². The van der Waals surface area contributed by atoms with Crippen LogP contribution in [0.4, 0.5) is 0 Å². The minimum absolute atomic E-state index is 0. The largest absolute Gasteiger partial charge is 0 e. The fraction of sp³-hybridized carbons (Fsp3) is 0. The first-order valence-electron chi connectivity index (χ1n) is 0. The van der Waals surface area contributed by atoms with Crippen LogP contribution in [0.1, 0.15) is 0 Å². The van der Waals surface area contributed by atoms with Gasteiger partial charge in [0.1, 0.15) is 0 Å². The average molecular weight is 532 g/mol. The third kappa shape index (κ3) is 8.93. The van der Waals surface area contributed by atoms with Gasteiger partial charge >= 0.3 is 0 Å². The first-order valence-corrected chi connectivity index (χ1v) is 0. The van der Waals surface area contributed by atoms with Crippen molar-refractivity contribution in [2.75, 3.05) is 0 Å². The van der Waals surface area contributed by atoms with Gasteiger partial charge in [-0.1, -0.05) is 0 Å². The maximum Gasteiger partial charge on any atom is 0 e. The normalized spacial score (nSPS) is 0. The Morgan fingerprint density at radius 1 is 0.500 bits per heavy atom. The summed E-state index contributed by atoms with van der Waals surface area (Å²) in [5, 5.41) is 0. The zero-order chi connectivity index (χ0) is 0. The molecular weight excluding hydrogens is 532 g/mol. The SMILES string of the molecule is [Hg].[Hg].[Zn].[Zn]. The second-order valence-corrected chi connectivity index (χ2v) is 0. The van der Waals surface area contributed by atoms with Gasteiger partial charge in [0, 0.05) is 94.3 Å². The van der Waals surface area contributed by atoms with E-state index in [-0.39, 0.29) is 94.3 Å². The number of hydrogen-bond donors (Lipinski definition) is 0. The van der Waals surface area contributed by atoms with Gasteiger partial charge in [-0.15, -0.1) is 0 Å². The van der Waals surface area contributed by atoms with Gasteiger partial charge in [0.15, 0.2) is 0 Å². The summed E-state index contributed by atoms with van der Waals surface area (Å²) in [5.41, 5.74) is 0. The van der Waals surface area contributed by atoms with Gasteiger partial charge in [0.05, 0.1) is 0 Å². The summed E-state index contributed by atoms with van der Waals surface area (Å²) < 4.78 is 0. The first kappa shape index (κ1) is 27.4. The van der Waals surface area contributed by atoms with E-state index in [1.165, 1.54) is 0 Å². The Bertz CT molecular complexity index is 4.00. The zero-order valence-corrected chi connectivity index (χ0v) is 19.8. The molecule has 0 unspecified atom stereocenters. The molecule has 0 nitrogen and oxygen atoms in total. The second-order valence-electron chi connectivity index (χ2n) is 0. The van der Waals surface area contributed by atoms with Crippen LogP contribution in [-0.4, -0.2) is 0 Å². The zero-order valence-electron chi connectivity index (χ0n) is 2.83. The molecule has 4 heavy (non-hydrogen) atoms. The maximum absolute atomic E-state index is 0. The molecule has 0 aromatic rings. The van der Waals surface area contributed by atoms with Crippen molar-refractivity contribution in [2.45, 2.75) is 0 Å². The molecule has 0 aliphatic heterocycles. The molecule has 0 radical (unpaired) electrons. The van der Waals surface area contributed by atoms with E-state index in [2.05, 4.69) is 0 Å².